The van der Waals surface area contributed by atoms with E-state index in [4.69, 9.17) is 0 Å². The van der Waals surface area contributed by atoms with Crippen LogP contribution in [0.25, 0.3) is 0 Å². The van der Waals surface area contributed by atoms with Crippen LogP contribution >= 0.6 is 0 Å². The summed E-state index contributed by atoms with van der Waals surface area (Å²) in [5, 5.41) is 3.92. The highest BCUT2D eigenvalue weighted by Crippen LogP contribution is 2.29. The maximum atomic E-state index is 12.7. The summed E-state index contributed by atoms with van der Waals surface area (Å²) in [6, 6.07) is 5.66. The van der Waals surface area contributed by atoms with Crippen molar-refractivity contribution in [3.05, 3.63) is 36.0 Å². The van der Waals surface area contributed by atoms with Crippen LogP contribution < -0.4 is 4.90 Å². The van der Waals surface area contributed by atoms with Crippen LogP contribution in [-0.2, 0) is 6.54 Å². The lowest BCUT2D eigenvalue weighted by molar-refractivity contribution is -0.143. The zero-order chi connectivity index (χ0) is 16.4. The van der Waals surface area contributed by atoms with Crippen LogP contribution in [-0.4, -0.2) is 39.0 Å². The molecule has 1 saturated heterocycles. The molecule has 3 rings (SSSR count). The zero-order valence-electron chi connectivity index (χ0n) is 12.8. The molecule has 0 aromatic carbocycles. The summed E-state index contributed by atoms with van der Waals surface area (Å²) >= 11 is 0. The molecule has 0 saturated carbocycles. The van der Waals surface area contributed by atoms with E-state index in [9.17, 15) is 13.2 Å². The van der Waals surface area contributed by atoms with Gasteiger partial charge in [-0.3, -0.25) is 0 Å². The zero-order valence-corrected chi connectivity index (χ0v) is 12.8. The molecule has 8 heteroatoms. The van der Waals surface area contributed by atoms with Gasteiger partial charge in [-0.15, -0.1) is 0 Å². The molecule has 0 radical (unpaired) electrons. The monoisotopic (exact) mass is 325 g/mol. The van der Waals surface area contributed by atoms with Crippen LogP contribution in [0, 0.1) is 6.92 Å². The minimum absolute atomic E-state index is 0.0747. The van der Waals surface area contributed by atoms with Gasteiger partial charge in [0.05, 0.1) is 0 Å². The van der Waals surface area contributed by atoms with Crippen molar-refractivity contribution in [2.45, 2.75) is 38.4 Å². The van der Waals surface area contributed by atoms with Gasteiger partial charge in [0.25, 0.3) is 0 Å². The molecular formula is C15H18F3N5. The highest BCUT2D eigenvalue weighted by molar-refractivity contribution is 5.39. The van der Waals surface area contributed by atoms with Crippen molar-refractivity contribution in [1.29, 1.82) is 0 Å². The largest absolute Gasteiger partial charge is 0.408 e. The van der Waals surface area contributed by atoms with E-state index in [0.29, 0.717) is 18.2 Å². The third-order valence-electron chi connectivity index (χ3n) is 3.90. The Labute approximate surface area is 132 Å². The molecule has 23 heavy (non-hydrogen) atoms. The SMILES string of the molecule is Cc1nc([C@@H]2CCCN(c3ccccn3)C2)n(CC(F)(F)F)n1. The number of alkyl halides is 3. The van der Waals surface area contributed by atoms with Crippen molar-refractivity contribution in [3.63, 3.8) is 0 Å². The third-order valence-corrected chi connectivity index (χ3v) is 3.90. The van der Waals surface area contributed by atoms with Gasteiger partial charge in [-0.2, -0.15) is 18.3 Å². The Hall–Kier alpha value is -2.12. The quantitative estimate of drug-likeness (QED) is 0.870. The fourth-order valence-electron chi connectivity index (χ4n) is 3.00. The lowest BCUT2D eigenvalue weighted by atomic mass is 9.97. The molecule has 0 unspecified atom stereocenters. The van der Waals surface area contributed by atoms with Crippen LogP contribution in [0.15, 0.2) is 24.4 Å². The van der Waals surface area contributed by atoms with Crippen LogP contribution in [0.5, 0.6) is 0 Å². The van der Waals surface area contributed by atoms with Crippen molar-refractivity contribution >= 4 is 5.82 Å². The molecule has 1 aliphatic rings. The number of rotatable bonds is 3. The number of anilines is 1. The minimum atomic E-state index is -4.30. The Balaban J connectivity index is 1.81. The summed E-state index contributed by atoms with van der Waals surface area (Å²) < 4.78 is 39.2. The first-order valence-corrected chi connectivity index (χ1v) is 7.56. The smallest absolute Gasteiger partial charge is 0.356 e. The van der Waals surface area contributed by atoms with E-state index in [1.54, 1.807) is 13.1 Å². The maximum absolute atomic E-state index is 12.7. The molecule has 0 amide bonds. The summed E-state index contributed by atoms with van der Waals surface area (Å²) in [4.78, 5) is 10.7. The molecule has 1 aliphatic heterocycles. The molecule has 0 spiro atoms. The van der Waals surface area contributed by atoms with Gasteiger partial charge in [-0.25, -0.2) is 14.6 Å². The van der Waals surface area contributed by atoms with Gasteiger partial charge >= 0.3 is 6.18 Å². The van der Waals surface area contributed by atoms with E-state index in [1.165, 1.54) is 0 Å². The van der Waals surface area contributed by atoms with Crippen LogP contribution in [0.1, 0.15) is 30.4 Å². The summed E-state index contributed by atoms with van der Waals surface area (Å²) in [6.07, 6.45) is -0.891. The predicted octanol–water partition coefficient (Wildman–Crippen LogP) is 2.93. The van der Waals surface area contributed by atoms with E-state index in [1.807, 2.05) is 18.2 Å². The summed E-state index contributed by atoms with van der Waals surface area (Å²) in [6.45, 7) is 1.98. The molecule has 5 nitrogen and oxygen atoms in total. The lowest BCUT2D eigenvalue weighted by Gasteiger charge is -2.33. The van der Waals surface area contributed by atoms with Gasteiger partial charge in [-0.1, -0.05) is 6.07 Å². The number of nitrogens with zero attached hydrogens (tertiary/aromatic N) is 5. The van der Waals surface area contributed by atoms with Crippen molar-refractivity contribution in [2.75, 3.05) is 18.0 Å². The molecule has 3 heterocycles. The second-order valence-electron chi connectivity index (χ2n) is 5.76. The second kappa shape index (κ2) is 6.17. The average Bonchev–Trinajstić information content (AvgIpc) is 2.87. The first-order chi connectivity index (χ1) is 10.9. The number of hydrogen-bond acceptors (Lipinski definition) is 4. The van der Waals surface area contributed by atoms with Gasteiger partial charge in [0, 0.05) is 25.2 Å². The van der Waals surface area contributed by atoms with Crippen molar-refractivity contribution in [3.8, 4) is 0 Å². The van der Waals surface area contributed by atoms with Gasteiger partial charge in [0.1, 0.15) is 24.0 Å². The third kappa shape index (κ3) is 3.80. The van der Waals surface area contributed by atoms with Gasteiger partial charge in [-0.05, 0) is 31.9 Å². The Morgan fingerprint density at radius 1 is 1.30 bits per heavy atom. The van der Waals surface area contributed by atoms with E-state index >= 15 is 0 Å². The number of halogens is 3. The van der Waals surface area contributed by atoms with Crippen LogP contribution in [0.2, 0.25) is 0 Å². The number of hydrogen-bond donors (Lipinski definition) is 0. The van der Waals surface area contributed by atoms with Crippen molar-refractivity contribution in [1.82, 2.24) is 19.7 Å². The average molecular weight is 325 g/mol. The van der Waals surface area contributed by atoms with Crippen LogP contribution in [0.4, 0.5) is 19.0 Å². The summed E-state index contributed by atoms with van der Waals surface area (Å²) in [7, 11) is 0. The topological polar surface area (TPSA) is 46.8 Å². The molecule has 2 aromatic heterocycles. The number of piperidine rings is 1. The lowest BCUT2D eigenvalue weighted by Crippen LogP contribution is -2.36. The molecule has 2 aromatic rings. The standard InChI is InChI=1S/C15H18F3N5/c1-11-20-14(23(21-11)10-15(16,17)18)12-5-4-8-22(9-12)13-6-2-3-7-19-13/h2-3,6-7,12H,4-5,8-10H2,1H3/t12-/m1/s1. The van der Waals surface area contributed by atoms with E-state index < -0.39 is 12.7 Å². The normalized spacial score (nSPS) is 19.1. The van der Waals surface area contributed by atoms with Crippen molar-refractivity contribution < 1.29 is 13.2 Å². The number of aromatic nitrogens is 4. The summed E-state index contributed by atoms with van der Waals surface area (Å²) in [5.74, 6) is 1.56. The fourth-order valence-corrected chi connectivity index (χ4v) is 3.00. The molecule has 124 valence electrons. The summed E-state index contributed by atoms with van der Waals surface area (Å²) in [5.41, 5.74) is 0. The Morgan fingerprint density at radius 2 is 2.13 bits per heavy atom. The van der Waals surface area contributed by atoms with E-state index in [0.717, 1.165) is 29.9 Å². The molecule has 0 aliphatic carbocycles. The molecular weight excluding hydrogens is 307 g/mol. The minimum Gasteiger partial charge on any atom is -0.356 e. The number of pyridine rings is 1. The highest BCUT2D eigenvalue weighted by atomic mass is 19.4. The highest BCUT2D eigenvalue weighted by Gasteiger charge is 2.33. The van der Waals surface area contributed by atoms with E-state index in [2.05, 4.69) is 20.0 Å². The fraction of sp³-hybridized carbons (Fsp3) is 0.533. The number of aryl methyl sites for hydroxylation is 1. The Morgan fingerprint density at radius 3 is 2.83 bits per heavy atom. The Bertz CT molecular complexity index is 653. The van der Waals surface area contributed by atoms with Gasteiger partial charge in [0.15, 0.2) is 0 Å². The van der Waals surface area contributed by atoms with Gasteiger partial charge < -0.3 is 4.90 Å². The van der Waals surface area contributed by atoms with Crippen molar-refractivity contribution in [2.24, 2.45) is 0 Å². The molecule has 1 atom stereocenters. The maximum Gasteiger partial charge on any atom is 0.408 e. The van der Waals surface area contributed by atoms with Crippen LogP contribution in [0.3, 0.4) is 0 Å². The van der Waals surface area contributed by atoms with Gasteiger partial charge in [0.2, 0.25) is 0 Å². The molecule has 0 bridgehead atoms. The molecule has 1 fully saturated rings. The first-order valence-electron chi connectivity index (χ1n) is 7.56. The second-order valence-corrected chi connectivity index (χ2v) is 5.76. The predicted molar refractivity (Wildman–Crippen MR) is 79.2 cm³/mol. The molecule has 0 N–H and O–H groups in total. The van der Waals surface area contributed by atoms with E-state index in [-0.39, 0.29) is 5.92 Å². The first kappa shape index (κ1) is 15.8. The Kier molecular flexibility index (Phi) is 4.23.